The maximum Gasteiger partial charge on any atom is 0.139 e. The van der Waals surface area contributed by atoms with E-state index in [0.29, 0.717) is 11.1 Å². The van der Waals surface area contributed by atoms with Crippen molar-refractivity contribution in [1.29, 1.82) is 0 Å². The quantitative estimate of drug-likeness (QED) is 0.841. The molecule has 0 aromatic heterocycles. The fourth-order valence-corrected chi connectivity index (χ4v) is 3.11. The van der Waals surface area contributed by atoms with Gasteiger partial charge in [0.25, 0.3) is 0 Å². The lowest BCUT2D eigenvalue weighted by atomic mass is 9.79. The Morgan fingerprint density at radius 2 is 1.89 bits per heavy atom. The molecular formula is C16H24ClNO. The Hall–Kier alpha value is -0.890. The van der Waals surface area contributed by atoms with E-state index in [9.17, 15) is 0 Å². The highest BCUT2D eigenvalue weighted by molar-refractivity contribution is 6.32. The molecule has 1 aromatic rings. The van der Waals surface area contributed by atoms with Crippen LogP contribution in [0, 0.1) is 11.8 Å². The monoisotopic (exact) mass is 281 g/mol. The number of hydrogen-bond acceptors (Lipinski definition) is 2. The van der Waals surface area contributed by atoms with Crippen molar-refractivity contribution < 1.29 is 4.74 Å². The number of benzene rings is 1. The average Bonchev–Trinajstić information content (AvgIpc) is 2.41. The van der Waals surface area contributed by atoms with Crippen LogP contribution in [0.3, 0.4) is 0 Å². The maximum atomic E-state index is 6.04. The molecule has 1 aromatic carbocycles. The summed E-state index contributed by atoms with van der Waals surface area (Å²) >= 11 is 6.04. The van der Waals surface area contributed by atoms with Crippen molar-refractivity contribution in [2.75, 3.05) is 12.4 Å². The Morgan fingerprint density at radius 1 is 1.21 bits per heavy atom. The standard InChI is InChI=1S/C16H24ClNO/c1-11(2)12-4-6-13(7-5-12)18-14-8-9-15(17)16(10-14)19-3/h8-13,18H,4-7H2,1-3H3. The second-order valence-corrected chi connectivity index (χ2v) is 6.26. The van der Waals surface area contributed by atoms with E-state index in [2.05, 4.69) is 19.2 Å². The molecule has 1 aliphatic rings. The first-order valence-electron chi connectivity index (χ1n) is 7.20. The molecule has 0 spiro atoms. The second-order valence-electron chi connectivity index (χ2n) is 5.85. The van der Waals surface area contributed by atoms with Crippen LogP contribution in [0.15, 0.2) is 18.2 Å². The van der Waals surface area contributed by atoms with Gasteiger partial charge in [-0.25, -0.2) is 0 Å². The van der Waals surface area contributed by atoms with E-state index < -0.39 is 0 Å². The van der Waals surface area contributed by atoms with E-state index >= 15 is 0 Å². The van der Waals surface area contributed by atoms with Gasteiger partial charge < -0.3 is 10.1 Å². The molecule has 0 heterocycles. The van der Waals surface area contributed by atoms with Gasteiger partial charge in [0.2, 0.25) is 0 Å². The molecule has 0 unspecified atom stereocenters. The summed E-state index contributed by atoms with van der Waals surface area (Å²) in [5.74, 6) is 2.46. The van der Waals surface area contributed by atoms with Gasteiger partial charge in [0.15, 0.2) is 0 Å². The van der Waals surface area contributed by atoms with E-state index in [-0.39, 0.29) is 0 Å². The molecule has 3 heteroatoms. The zero-order valence-electron chi connectivity index (χ0n) is 12.1. The van der Waals surface area contributed by atoms with E-state index in [1.807, 2.05) is 18.2 Å². The molecule has 19 heavy (non-hydrogen) atoms. The zero-order chi connectivity index (χ0) is 13.8. The normalized spacial score (nSPS) is 23.4. The number of ether oxygens (including phenoxy) is 1. The van der Waals surface area contributed by atoms with Crippen LogP contribution in [-0.4, -0.2) is 13.2 Å². The Balaban J connectivity index is 1.92. The first-order valence-corrected chi connectivity index (χ1v) is 7.58. The van der Waals surface area contributed by atoms with Crippen LogP contribution in [0.2, 0.25) is 5.02 Å². The van der Waals surface area contributed by atoms with Gasteiger partial charge >= 0.3 is 0 Å². The minimum Gasteiger partial charge on any atom is -0.495 e. The molecule has 2 nitrogen and oxygen atoms in total. The van der Waals surface area contributed by atoms with Crippen LogP contribution in [0.25, 0.3) is 0 Å². The summed E-state index contributed by atoms with van der Waals surface area (Å²) in [6.45, 7) is 4.67. The predicted octanol–water partition coefficient (Wildman–Crippen LogP) is 4.98. The van der Waals surface area contributed by atoms with E-state index in [1.54, 1.807) is 7.11 Å². The van der Waals surface area contributed by atoms with Gasteiger partial charge in [0.1, 0.15) is 5.75 Å². The van der Waals surface area contributed by atoms with Gasteiger partial charge in [0.05, 0.1) is 12.1 Å². The Kier molecular flexibility index (Phi) is 4.98. The predicted molar refractivity (Wildman–Crippen MR) is 82.2 cm³/mol. The molecule has 1 saturated carbocycles. The van der Waals surface area contributed by atoms with Crippen molar-refractivity contribution >= 4 is 17.3 Å². The number of anilines is 1. The molecule has 106 valence electrons. The fraction of sp³-hybridized carbons (Fsp3) is 0.625. The Morgan fingerprint density at radius 3 is 2.47 bits per heavy atom. The molecule has 0 atom stereocenters. The lowest BCUT2D eigenvalue weighted by Crippen LogP contribution is -2.27. The lowest BCUT2D eigenvalue weighted by molar-refractivity contribution is 0.267. The van der Waals surface area contributed by atoms with E-state index in [0.717, 1.165) is 23.3 Å². The maximum absolute atomic E-state index is 6.04. The number of rotatable bonds is 4. The Labute approximate surface area is 121 Å². The van der Waals surface area contributed by atoms with Gasteiger partial charge in [-0.1, -0.05) is 25.4 Å². The number of methoxy groups -OCH3 is 1. The molecule has 0 saturated heterocycles. The minimum atomic E-state index is 0.584. The third-order valence-electron chi connectivity index (χ3n) is 4.24. The third kappa shape index (κ3) is 3.79. The number of halogens is 1. The first-order chi connectivity index (χ1) is 9.10. The highest BCUT2D eigenvalue weighted by atomic mass is 35.5. The summed E-state index contributed by atoms with van der Waals surface area (Å²) in [6, 6.07) is 6.49. The largest absolute Gasteiger partial charge is 0.495 e. The molecule has 0 amide bonds. The van der Waals surface area contributed by atoms with Gasteiger partial charge in [-0.05, 0) is 49.7 Å². The fourth-order valence-electron chi connectivity index (χ4n) is 2.92. The van der Waals surface area contributed by atoms with Crippen LogP contribution in [0.1, 0.15) is 39.5 Å². The topological polar surface area (TPSA) is 21.3 Å². The van der Waals surface area contributed by atoms with Gasteiger partial charge in [0, 0.05) is 17.8 Å². The molecule has 0 radical (unpaired) electrons. The zero-order valence-corrected chi connectivity index (χ0v) is 12.8. The van der Waals surface area contributed by atoms with Crippen molar-refractivity contribution in [2.45, 2.75) is 45.6 Å². The van der Waals surface area contributed by atoms with Crippen LogP contribution in [-0.2, 0) is 0 Å². The highest BCUT2D eigenvalue weighted by Gasteiger charge is 2.23. The summed E-state index contributed by atoms with van der Waals surface area (Å²) < 4.78 is 5.25. The van der Waals surface area contributed by atoms with E-state index in [1.165, 1.54) is 25.7 Å². The van der Waals surface area contributed by atoms with E-state index in [4.69, 9.17) is 16.3 Å². The molecular weight excluding hydrogens is 258 g/mol. The number of hydrogen-bond donors (Lipinski definition) is 1. The smallest absolute Gasteiger partial charge is 0.139 e. The lowest BCUT2D eigenvalue weighted by Gasteiger charge is -2.32. The summed E-state index contributed by atoms with van der Waals surface area (Å²) in [6.07, 6.45) is 5.18. The number of nitrogens with one attached hydrogen (secondary N) is 1. The summed E-state index contributed by atoms with van der Waals surface area (Å²) in [7, 11) is 1.65. The summed E-state index contributed by atoms with van der Waals surface area (Å²) in [5, 5.41) is 4.27. The van der Waals surface area contributed by atoms with Crippen LogP contribution in [0.5, 0.6) is 5.75 Å². The average molecular weight is 282 g/mol. The highest BCUT2D eigenvalue weighted by Crippen LogP contribution is 2.33. The Bertz CT molecular complexity index is 411. The van der Waals surface area contributed by atoms with Crippen molar-refractivity contribution in [2.24, 2.45) is 11.8 Å². The minimum absolute atomic E-state index is 0.584. The molecule has 1 aliphatic carbocycles. The molecule has 0 bridgehead atoms. The van der Waals surface area contributed by atoms with Crippen molar-refractivity contribution in [3.8, 4) is 5.75 Å². The third-order valence-corrected chi connectivity index (χ3v) is 4.55. The van der Waals surface area contributed by atoms with Gasteiger partial charge in [-0.2, -0.15) is 0 Å². The second kappa shape index (κ2) is 6.51. The SMILES string of the molecule is COc1cc(NC2CCC(C(C)C)CC2)ccc1Cl. The van der Waals surface area contributed by atoms with Gasteiger partial charge in [-0.15, -0.1) is 0 Å². The van der Waals surface area contributed by atoms with Crippen molar-refractivity contribution in [3.63, 3.8) is 0 Å². The summed E-state index contributed by atoms with van der Waals surface area (Å²) in [5.41, 5.74) is 1.11. The van der Waals surface area contributed by atoms with Crippen LogP contribution >= 0.6 is 11.6 Å². The molecule has 1 fully saturated rings. The first kappa shape index (κ1) is 14.5. The van der Waals surface area contributed by atoms with Crippen molar-refractivity contribution in [3.05, 3.63) is 23.2 Å². The molecule has 1 N–H and O–H groups in total. The molecule has 0 aliphatic heterocycles. The van der Waals surface area contributed by atoms with Crippen molar-refractivity contribution in [1.82, 2.24) is 0 Å². The van der Waals surface area contributed by atoms with Crippen LogP contribution in [0.4, 0.5) is 5.69 Å². The molecule has 2 rings (SSSR count). The summed E-state index contributed by atoms with van der Waals surface area (Å²) in [4.78, 5) is 0. The van der Waals surface area contributed by atoms with Crippen LogP contribution < -0.4 is 10.1 Å². The van der Waals surface area contributed by atoms with Gasteiger partial charge in [-0.3, -0.25) is 0 Å².